The van der Waals surface area contributed by atoms with Gasteiger partial charge in [0.25, 0.3) is 0 Å². The van der Waals surface area contributed by atoms with E-state index in [1.54, 1.807) is 18.3 Å². The van der Waals surface area contributed by atoms with Crippen molar-refractivity contribution in [3.05, 3.63) is 66.5 Å². The van der Waals surface area contributed by atoms with E-state index in [1.807, 2.05) is 48.8 Å². The molecule has 2 aromatic heterocycles. The fraction of sp³-hybridized carbons (Fsp3) is 0.0952. The van der Waals surface area contributed by atoms with Crippen molar-refractivity contribution < 1.29 is 9.53 Å². The average Bonchev–Trinajstić information content (AvgIpc) is 3.03. The lowest BCUT2D eigenvalue weighted by Gasteiger charge is -2.07. The zero-order valence-corrected chi connectivity index (χ0v) is 15.6. The molecule has 0 unspecified atom stereocenters. The van der Waals surface area contributed by atoms with Gasteiger partial charge in [-0.25, -0.2) is 4.98 Å². The number of rotatable bonds is 6. The van der Waals surface area contributed by atoms with Gasteiger partial charge in [0, 0.05) is 31.1 Å². The molecule has 2 aromatic carbocycles. The first kappa shape index (κ1) is 17.8. The molecule has 0 amide bonds. The zero-order valence-electron chi connectivity index (χ0n) is 15.6. The Balaban J connectivity index is 1.60. The summed E-state index contributed by atoms with van der Waals surface area (Å²) in [5.41, 5.74) is 4.27. The Bertz CT molecular complexity index is 1140. The van der Waals surface area contributed by atoms with Crippen LogP contribution in [0.2, 0.25) is 6.82 Å². The molecule has 0 saturated carbocycles. The Labute approximate surface area is 163 Å². The molecule has 1 radical (unpaired) electrons. The van der Waals surface area contributed by atoms with Crippen molar-refractivity contribution in [3.63, 3.8) is 0 Å². The molecule has 6 nitrogen and oxygen atoms in total. The molecule has 0 spiro atoms. The van der Waals surface area contributed by atoms with E-state index in [4.69, 9.17) is 4.74 Å². The monoisotopic (exact) mass is 369 g/mol. The van der Waals surface area contributed by atoms with E-state index in [9.17, 15) is 4.79 Å². The topological polar surface area (TPSA) is 69.0 Å². The number of aldehydes is 1. The number of aryl methyl sites for hydroxylation is 1. The lowest BCUT2D eigenvalue weighted by atomic mass is 9.73. The predicted molar refractivity (Wildman–Crippen MR) is 111 cm³/mol. The summed E-state index contributed by atoms with van der Waals surface area (Å²) in [6, 6.07) is 17.2. The third kappa shape index (κ3) is 3.60. The van der Waals surface area contributed by atoms with Crippen LogP contribution in [0.5, 0.6) is 11.5 Å². The normalized spacial score (nSPS) is 10.6. The summed E-state index contributed by atoms with van der Waals surface area (Å²) in [4.78, 5) is 19.5. The molecule has 0 saturated heterocycles. The summed E-state index contributed by atoms with van der Waals surface area (Å²) in [5, 5.41) is 3.35. The van der Waals surface area contributed by atoms with Gasteiger partial charge in [0.2, 0.25) is 5.95 Å². The fourth-order valence-corrected chi connectivity index (χ4v) is 2.93. The highest BCUT2D eigenvalue weighted by atomic mass is 16.5. The highest BCUT2D eigenvalue weighted by molar-refractivity contribution is 6.51. The first-order chi connectivity index (χ1) is 13.7. The maximum absolute atomic E-state index is 10.9. The number of benzene rings is 2. The number of pyridine rings is 1. The van der Waals surface area contributed by atoms with Gasteiger partial charge in [0.05, 0.1) is 11.0 Å². The molecule has 0 fully saturated rings. The van der Waals surface area contributed by atoms with Crippen LogP contribution in [0, 0.1) is 0 Å². The van der Waals surface area contributed by atoms with Crippen LogP contribution in [-0.2, 0) is 7.05 Å². The highest BCUT2D eigenvalue weighted by Gasteiger charge is 2.10. The summed E-state index contributed by atoms with van der Waals surface area (Å²) in [5.74, 6) is 1.94. The van der Waals surface area contributed by atoms with E-state index >= 15 is 0 Å². The Morgan fingerprint density at radius 1 is 1.07 bits per heavy atom. The van der Waals surface area contributed by atoms with Gasteiger partial charge in [-0.2, -0.15) is 0 Å². The van der Waals surface area contributed by atoms with Crippen molar-refractivity contribution in [3.8, 4) is 11.5 Å². The fourth-order valence-electron chi connectivity index (χ4n) is 2.93. The number of ether oxygens (including phenoxy) is 1. The van der Waals surface area contributed by atoms with Crippen molar-refractivity contribution in [1.82, 2.24) is 14.5 Å². The second-order valence-corrected chi connectivity index (χ2v) is 6.32. The maximum Gasteiger partial charge on any atom is 0.208 e. The van der Waals surface area contributed by atoms with Gasteiger partial charge >= 0.3 is 0 Å². The quantitative estimate of drug-likeness (QED) is 0.415. The summed E-state index contributed by atoms with van der Waals surface area (Å²) in [6.45, 7) is 2.01. The number of carbonyl (C=O) groups excluding carboxylic acids is 1. The smallest absolute Gasteiger partial charge is 0.208 e. The number of anilines is 2. The van der Waals surface area contributed by atoms with Gasteiger partial charge in [0.1, 0.15) is 24.5 Å². The molecule has 0 aliphatic heterocycles. The van der Waals surface area contributed by atoms with Gasteiger partial charge in [-0.1, -0.05) is 24.4 Å². The average molecular weight is 369 g/mol. The van der Waals surface area contributed by atoms with Crippen LogP contribution < -0.4 is 15.5 Å². The number of fused-ring (bicyclic) bond motifs is 1. The van der Waals surface area contributed by atoms with Crippen molar-refractivity contribution >= 4 is 41.7 Å². The molecule has 0 aliphatic rings. The summed E-state index contributed by atoms with van der Waals surface area (Å²) >= 11 is 0. The van der Waals surface area contributed by atoms with E-state index < -0.39 is 0 Å². The van der Waals surface area contributed by atoms with E-state index in [-0.39, 0.29) is 0 Å². The number of imidazole rings is 1. The SMILES string of the molecule is C[B]c1ccc(Nc2nc3cc(Oc4ccnc(C=O)c4)ccc3n2C)cc1. The van der Waals surface area contributed by atoms with Crippen LogP contribution in [0.15, 0.2) is 60.8 Å². The molecule has 137 valence electrons. The van der Waals surface area contributed by atoms with Crippen LogP contribution in [0.25, 0.3) is 11.0 Å². The standard InChI is InChI=1S/C21H18BN4O2/c1-22-14-3-5-15(6-4-14)24-21-25-19-12-17(7-8-20(19)26(21)2)28-18-9-10-23-16(11-18)13-27/h3-13H,1-2H3,(H,24,25). The van der Waals surface area contributed by atoms with E-state index in [0.29, 0.717) is 23.5 Å². The Kier molecular flexibility index (Phi) is 4.80. The van der Waals surface area contributed by atoms with Crippen LogP contribution in [0.1, 0.15) is 10.5 Å². The number of hydrogen-bond acceptors (Lipinski definition) is 5. The third-order valence-corrected chi connectivity index (χ3v) is 4.46. The molecular weight excluding hydrogens is 351 g/mol. The number of nitrogens with zero attached hydrogens (tertiary/aromatic N) is 3. The molecule has 1 N–H and O–H groups in total. The van der Waals surface area contributed by atoms with E-state index in [0.717, 1.165) is 22.7 Å². The number of aromatic nitrogens is 3. The minimum absolute atomic E-state index is 0.328. The minimum Gasteiger partial charge on any atom is -0.457 e. The lowest BCUT2D eigenvalue weighted by molar-refractivity contribution is 0.111. The van der Waals surface area contributed by atoms with Gasteiger partial charge < -0.3 is 14.6 Å². The third-order valence-electron chi connectivity index (χ3n) is 4.46. The highest BCUT2D eigenvalue weighted by Crippen LogP contribution is 2.28. The van der Waals surface area contributed by atoms with Crippen molar-refractivity contribution in [1.29, 1.82) is 0 Å². The van der Waals surface area contributed by atoms with Gasteiger partial charge in [-0.15, -0.1) is 0 Å². The Hall–Kier alpha value is -3.61. The first-order valence-electron chi connectivity index (χ1n) is 8.88. The van der Waals surface area contributed by atoms with Crippen molar-refractivity contribution in [2.45, 2.75) is 6.82 Å². The molecule has 0 bridgehead atoms. The van der Waals surface area contributed by atoms with Crippen LogP contribution in [0.3, 0.4) is 0 Å². The Morgan fingerprint density at radius 2 is 1.86 bits per heavy atom. The maximum atomic E-state index is 10.9. The Morgan fingerprint density at radius 3 is 2.61 bits per heavy atom. The lowest BCUT2D eigenvalue weighted by Crippen LogP contribution is -2.09. The van der Waals surface area contributed by atoms with Gasteiger partial charge in [-0.3, -0.25) is 9.78 Å². The van der Waals surface area contributed by atoms with Crippen LogP contribution in [0.4, 0.5) is 11.6 Å². The largest absolute Gasteiger partial charge is 0.457 e. The molecule has 0 aliphatic carbocycles. The number of carbonyl (C=O) groups is 1. The second kappa shape index (κ2) is 7.56. The van der Waals surface area contributed by atoms with Crippen LogP contribution in [-0.4, -0.2) is 28.1 Å². The number of hydrogen-bond donors (Lipinski definition) is 1. The molecular formula is C21H18BN4O2. The van der Waals surface area contributed by atoms with E-state index in [2.05, 4.69) is 34.7 Å². The van der Waals surface area contributed by atoms with Crippen LogP contribution >= 0.6 is 0 Å². The summed E-state index contributed by atoms with van der Waals surface area (Å²) in [6.07, 6.45) is 2.24. The van der Waals surface area contributed by atoms with Gasteiger partial charge in [0.15, 0.2) is 6.29 Å². The number of nitrogens with one attached hydrogen (secondary N) is 1. The second-order valence-electron chi connectivity index (χ2n) is 6.32. The zero-order chi connectivity index (χ0) is 19.5. The molecule has 4 aromatic rings. The first-order valence-corrected chi connectivity index (χ1v) is 8.88. The van der Waals surface area contributed by atoms with Crippen molar-refractivity contribution in [2.24, 2.45) is 7.05 Å². The molecule has 2 heterocycles. The van der Waals surface area contributed by atoms with Gasteiger partial charge in [-0.05, 0) is 30.3 Å². The summed E-state index contributed by atoms with van der Waals surface area (Å²) < 4.78 is 7.85. The minimum atomic E-state index is 0.328. The summed E-state index contributed by atoms with van der Waals surface area (Å²) in [7, 11) is 4.02. The molecule has 28 heavy (non-hydrogen) atoms. The molecule has 0 atom stereocenters. The predicted octanol–water partition coefficient (Wildman–Crippen LogP) is 3.69. The van der Waals surface area contributed by atoms with E-state index in [1.165, 1.54) is 5.46 Å². The van der Waals surface area contributed by atoms with Crippen molar-refractivity contribution in [2.75, 3.05) is 5.32 Å². The molecule has 7 heteroatoms. The molecule has 4 rings (SSSR count).